The van der Waals surface area contributed by atoms with E-state index in [2.05, 4.69) is 20.7 Å². The Hall–Kier alpha value is -2.40. The van der Waals surface area contributed by atoms with E-state index in [9.17, 15) is 18.3 Å². The Labute approximate surface area is 170 Å². The fourth-order valence-corrected chi connectivity index (χ4v) is 4.09. The second kappa shape index (κ2) is 9.20. The van der Waals surface area contributed by atoms with Crippen LogP contribution in [0, 0.1) is 0 Å². The maximum atomic E-state index is 12.2. The third kappa shape index (κ3) is 4.90. The Balaban J connectivity index is 2.63. The van der Waals surface area contributed by atoms with Crippen LogP contribution < -0.4 is 18.9 Å². The summed E-state index contributed by atoms with van der Waals surface area (Å²) in [6, 6.07) is 4.87. The summed E-state index contributed by atoms with van der Waals surface area (Å²) in [6.45, 7) is 1.11. The van der Waals surface area contributed by atoms with Gasteiger partial charge in [0.2, 0.25) is 21.5 Å². The molecule has 9 nitrogen and oxygen atoms in total. The van der Waals surface area contributed by atoms with Gasteiger partial charge < -0.3 is 23.7 Å². The van der Waals surface area contributed by atoms with Gasteiger partial charge in [0.05, 0.1) is 20.0 Å². The lowest BCUT2D eigenvalue weighted by atomic mass is 10.1. The number of rotatable bonds is 9. The average Bonchev–Trinajstić information content (AvgIpc) is 2.93. The first-order valence-electron chi connectivity index (χ1n) is 8.06. The van der Waals surface area contributed by atoms with Crippen LogP contribution in [0.2, 0.25) is 0 Å². The van der Waals surface area contributed by atoms with Crippen LogP contribution in [-0.2, 0) is 14.8 Å². The molecule has 2 aromatic rings. The van der Waals surface area contributed by atoms with E-state index in [-0.39, 0.29) is 17.1 Å². The number of ether oxygens (including phenoxy) is 3. The van der Waals surface area contributed by atoms with Gasteiger partial charge in [-0.1, -0.05) is 22.0 Å². The van der Waals surface area contributed by atoms with Crippen molar-refractivity contribution in [1.82, 2.24) is 0 Å². The third-order valence-electron chi connectivity index (χ3n) is 3.54. The van der Waals surface area contributed by atoms with Crippen molar-refractivity contribution in [2.75, 3.05) is 30.0 Å². The molecule has 11 heteroatoms. The van der Waals surface area contributed by atoms with E-state index in [0.717, 1.165) is 6.92 Å². The van der Waals surface area contributed by atoms with Crippen molar-refractivity contribution in [3.63, 3.8) is 0 Å². The fourth-order valence-electron chi connectivity index (χ4n) is 2.39. The van der Waals surface area contributed by atoms with Crippen LogP contribution in [0.1, 0.15) is 13.3 Å². The molecule has 0 bridgehead atoms. The van der Waals surface area contributed by atoms with Gasteiger partial charge in [0.25, 0.3) is 5.88 Å². The number of carbonyl (C=O) groups excluding carboxylic acids is 1. The molecule has 1 aromatic carbocycles. The first kappa shape index (κ1) is 21.9. The molecule has 0 atom stereocenters. The van der Waals surface area contributed by atoms with E-state index in [1.807, 2.05) is 0 Å². The summed E-state index contributed by atoms with van der Waals surface area (Å²) >= 11 is 3.16. The molecule has 0 aliphatic rings. The Morgan fingerprint density at radius 2 is 1.86 bits per heavy atom. The Bertz CT molecular complexity index is 932. The van der Waals surface area contributed by atoms with Gasteiger partial charge in [-0.2, -0.15) is 0 Å². The number of hydrogen-bond donors (Lipinski definition) is 2. The molecule has 28 heavy (non-hydrogen) atoms. The third-order valence-corrected chi connectivity index (χ3v) is 5.42. The van der Waals surface area contributed by atoms with Gasteiger partial charge in [0.1, 0.15) is 17.1 Å². The molecule has 0 spiro atoms. The molecule has 1 aromatic heterocycles. The molecular weight excluding hydrogens is 458 g/mol. The Morgan fingerprint density at radius 3 is 2.36 bits per heavy atom. The summed E-state index contributed by atoms with van der Waals surface area (Å²) in [6.07, 6.45) is 0.345. The van der Waals surface area contributed by atoms with Crippen LogP contribution in [0.25, 0.3) is 11.3 Å². The van der Waals surface area contributed by atoms with Crippen LogP contribution in [0.5, 0.6) is 23.0 Å². The summed E-state index contributed by atoms with van der Waals surface area (Å²) < 4.78 is 47.7. The zero-order chi connectivity index (χ0) is 20.9. The SMILES string of the molecule is COc1cccc(OC)c1-c1oc(NS(=O)(=O)CCCBr)c(OC(C)=O)c1O. The number of alkyl halides is 1. The molecule has 0 aliphatic heterocycles. The molecule has 0 saturated carbocycles. The second-order valence-electron chi connectivity index (χ2n) is 5.53. The fraction of sp³-hybridized carbons (Fsp3) is 0.353. The molecule has 0 radical (unpaired) electrons. The molecular formula is C17H20BrNO8S. The number of furan rings is 1. The highest BCUT2D eigenvalue weighted by Gasteiger charge is 2.30. The number of hydrogen-bond acceptors (Lipinski definition) is 8. The highest BCUT2D eigenvalue weighted by atomic mass is 79.9. The van der Waals surface area contributed by atoms with Gasteiger partial charge in [-0.3, -0.25) is 4.79 Å². The summed E-state index contributed by atoms with van der Waals surface area (Å²) in [5.74, 6) is -2.00. The van der Waals surface area contributed by atoms with Crippen molar-refractivity contribution < 1.29 is 36.9 Å². The van der Waals surface area contributed by atoms with Crippen molar-refractivity contribution in [1.29, 1.82) is 0 Å². The largest absolute Gasteiger partial charge is 0.502 e. The molecule has 0 saturated heterocycles. The van der Waals surface area contributed by atoms with Gasteiger partial charge in [-0.15, -0.1) is 0 Å². The lowest BCUT2D eigenvalue weighted by Gasteiger charge is -2.11. The van der Waals surface area contributed by atoms with Gasteiger partial charge >= 0.3 is 5.97 Å². The van der Waals surface area contributed by atoms with Gasteiger partial charge in [-0.25, -0.2) is 13.1 Å². The van der Waals surface area contributed by atoms with Gasteiger partial charge in [-0.05, 0) is 18.6 Å². The molecule has 154 valence electrons. The first-order valence-corrected chi connectivity index (χ1v) is 10.8. The monoisotopic (exact) mass is 477 g/mol. The lowest BCUT2D eigenvalue weighted by molar-refractivity contribution is -0.131. The predicted octanol–water partition coefficient (Wildman–Crippen LogP) is 3.12. The molecule has 0 fully saturated rings. The highest BCUT2D eigenvalue weighted by molar-refractivity contribution is 9.09. The van der Waals surface area contributed by atoms with E-state index in [0.29, 0.717) is 23.2 Å². The summed E-state index contributed by atoms with van der Waals surface area (Å²) in [7, 11) is -0.987. The summed E-state index contributed by atoms with van der Waals surface area (Å²) in [5, 5.41) is 11.1. The number of benzene rings is 1. The number of esters is 1. The quantitative estimate of drug-likeness (QED) is 0.416. The van der Waals surface area contributed by atoms with E-state index in [1.54, 1.807) is 18.2 Å². The predicted molar refractivity (Wildman–Crippen MR) is 106 cm³/mol. The van der Waals surface area contributed by atoms with Crippen molar-refractivity contribution >= 4 is 37.8 Å². The minimum atomic E-state index is -3.81. The van der Waals surface area contributed by atoms with Crippen LogP contribution in [0.3, 0.4) is 0 Å². The second-order valence-corrected chi connectivity index (χ2v) is 8.17. The zero-order valence-corrected chi connectivity index (χ0v) is 17.8. The number of anilines is 1. The molecule has 0 unspecified atom stereocenters. The maximum Gasteiger partial charge on any atom is 0.308 e. The van der Waals surface area contributed by atoms with Gasteiger partial charge in [0.15, 0.2) is 5.76 Å². The smallest absolute Gasteiger partial charge is 0.308 e. The lowest BCUT2D eigenvalue weighted by Crippen LogP contribution is -2.17. The number of carbonyl (C=O) groups is 1. The van der Waals surface area contributed by atoms with E-state index in [1.165, 1.54) is 14.2 Å². The summed E-state index contributed by atoms with van der Waals surface area (Å²) in [4.78, 5) is 11.4. The van der Waals surface area contributed by atoms with Crippen molar-refractivity contribution in [3.05, 3.63) is 18.2 Å². The topological polar surface area (TPSA) is 124 Å². The van der Waals surface area contributed by atoms with Gasteiger partial charge in [0, 0.05) is 12.3 Å². The Kier molecular flexibility index (Phi) is 7.19. The van der Waals surface area contributed by atoms with Crippen LogP contribution in [-0.4, -0.2) is 44.8 Å². The normalized spacial score (nSPS) is 11.1. The average molecular weight is 478 g/mol. The number of halogens is 1. The summed E-state index contributed by atoms with van der Waals surface area (Å²) in [5.41, 5.74) is 0.226. The number of aromatic hydroxyl groups is 1. The molecule has 1 heterocycles. The van der Waals surface area contributed by atoms with Crippen molar-refractivity contribution in [3.8, 4) is 34.3 Å². The molecule has 0 amide bonds. The Morgan fingerprint density at radius 1 is 1.25 bits per heavy atom. The van der Waals surface area contributed by atoms with E-state index < -0.39 is 33.4 Å². The standard InChI is InChI=1S/C17H20BrNO8S/c1-10(20)26-16-14(21)15(13-11(24-2)6-4-7-12(13)25-3)27-17(16)19-28(22,23)9-5-8-18/h4,6-7,19,21H,5,8-9H2,1-3H3. The van der Waals surface area contributed by atoms with Crippen molar-refractivity contribution in [2.45, 2.75) is 13.3 Å². The van der Waals surface area contributed by atoms with E-state index >= 15 is 0 Å². The molecule has 0 aliphatic carbocycles. The van der Waals surface area contributed by atoms with Crippen LogP contribution in [0.4, 0.5) is 5.88 Å². The minimum absolute atomic E-state index is 0.177. The number of nitrogens with one attached hydrogen (secondary N) is 1. The van der Waals surface area contributed by atoms with Crippen LogP contribution >= 0.6 is 15.9 Å². The maximum absolute atomic E-state index is 12.2. The highest BCUT2D eigenvalue weighted by Crippen LogP contribution is 2.51. The number of sulfonamides is 1. The van der Waals surface area contributed by atoms with Crippen molar-refractivity contribution in [2.24, 2.45) is 0 Å². The minimum Gasteiger partial charge on any atom is -0.502 e. The van der Waals surface area contributed by atoms with E-state index in [4.69, 9.17) is 18.6 Å². The molecule has 2 rings (SSSR count). The molecule has 2 N–H and O–H groups in total. The number of methoxy groups -OCH3 is 2. The first-order chi connectivity index (χ1) is 13.2. The van der Waals surface area contributed by atoms with Crippen LogP contribution in [0.15, 0.2) is 22.6 Å². The zero-order valence-electron chi connectivity index (χ0n) is 15.4.